The van der Waals surface area contributed by atoms with Crippen LogP contribution in [0.25, 0.3) is 6.08 Å². The highest BCUT2D eigenvalue weighted by atomic mass is 16.6. The number of ether oxygens (including phenoxy) is 1. The van der Waals surface area contributed by atoms with Crippen molar-refractivity contribution in [3.05, 3.63) is 23.7 Å². The molecule has 0 aromatic carbocycles. The van der Waals surface area contributed by atoms with Crippen LogP contribution < -0.4 is 4.90 Å². The summed E-state index contributed by atoms with van der Waals surface area (Å²) in [5, 5.41) is 0. The van der Waals surface area contributed by atoms with Crippen LogP contribution in [-0.4, -0.2) is 52.7 Å². The third kappa shape index (κ3) is 3.63. The van der Waals surface area contributed by atoms with Crippen LogP contribution in [0.1, 0.15) is 38.4 Å². The number of fused-ring (bicyclic) bond motifs is 1. The van der Waals surface area contributed by atoms with Crippen LogP contribution in [0.5, 0.6) is 0 Å². The van der Waals surface area contributed by atoms with Gasteiger partial charge in [-0.2, -0.15) is 0 Å². The second-order valence-corrected chi connectivity index (χ2v) is 6.95. The minimum absolute atomic E-state index is 0.234. The first-order chi connectivity index (χ1) is 10.9. The van der Waals surface area contributed by atoms with Gasteiger partial charge in [-0.15, -0.1) is 0 Å². The molecule has 23 heavy (non-hydrogen) atoms. The number of carbonyl (C=O) groups is 1. The molecule has 0 atom stereocenters. The molecule has 0 spiro atoms. The van der Waals surface area contributed by atoms with Crippen molar-refractivity contribution in [1.82, 2.24) is 14.9 Å². The van der Waals surface area contributed by atoms with Crippen molar-refractivity contribution >= 4 is 18.0 Å². The Morgan fingerprint density at radius 2 is 1.91 bits per heavy atom. The van der Waals surface area contributed by atoms with E-state index in [2.05, 4.69) is 27.0 Å². The summed E-state index contributed by atoms with van der Waals surface area (Å²) in [7, 11) is 0. The van der Waals surface area contributed by atoms with Gasteiger partial charge in [-0.1, -0.05) is 12.2 Å². The first-order valence-corrected chi connectivity index (χ1v) is 8.17. The minimum Gasteiger partial charge on any atom is -0.444 e. The molecule has 0 N–H and O–H groups in total. The van der Waals surface area contributed by atoms with Gasteiger partial charge in [-0.3, -0.25) is 0 Å². The average Bonchev–Trinajstić information content (AvgIpc) is 2.53. The number of rotatable bonds is 1. The Bertz CT molecular complexity index is 614. The maximum atomic E-state index is 12.1. The number of nitrogens with zero attached hydrogens (tertiary/aromatic N) is 4. The van der Waals surface area contributed by atoms with Crippen LogP contribution >= 0.6 is 0 Å². The van der Waals surface area contributed by atoms with E-state index < -0.39 is 5.60 Å². The lowest BCUT2D eigenvalue weighted by atomic mass is 10.0. The third-order valence-electron chi connectivity index (χ3n) is 4.01. The lowest BCUT2D eigenvalue weighted by Gasteiger charge is -2.36. The summed E-state index contributed by atoms with van der Waals surface area (Å²) in [6, 6.07) is 0. The summed E-state index contributed by atoms with van der Waals surface area (Å²) in [4.78, 5) is 25.0. The molecule has 3 rings (SSSR count). The Hall–Kier alpha value is -2.11. The normalized spacial score (nSPS) is 17.9. The summed E-state index contributed by atoms with van der Waals surface area (Å²) < 4.78 is 5.44. The summed E-state index contributed by atoms with van der Waals surface area (Å²) in [5.74, 6) is 0.981. The Morgan fingerprint density at radius 3 is 2.61 bits per heavy atom. The zero-order valence-corrected chi connectivity index (χ0v) is 14.1. The highest BCUT2D eigenvalue weighted by Gasteiger charge is 2.27. The maximum absolute atomic E-state index is 12.1. The quantitative estimate of drug-likeness (QED) is 0.796. The van der Waals surface area contributed by atoms with Crippen LogP contribution in [0.3, 0.4) is 0 Å². The monoisotopic (exact) mass is 316 g/mol. The first kappa shape index (κ1) is 15.8. The van der Waals surface area contributed by atoms with Gasteiger partial charge in [0.25, 0.3) is 0 Å². The molecule has 1 aliphatic heterocycles. The number of piperazine rings is 1. The van der Waals surface area contributed by atoms with Gasteiger partial charge in [0.1, 0.15) is 17.7 Å². The molecule has 1 aromatic rings. The molecule has 2 aliphatic rings. The number of anilines is 1. The van der Waals surface area contributed by atoms with Gasteiger partial charge in [-0.05, 0) is 33.6 Å². The van der Waals surface area contributed by atoms with Crippen molar-refractivity contribution < 1.29 is 9.53 Å². The largest absolute Gasteiger partial charge is 0.444 e. The van der Waals surface area contributed by atoms with Gasteiger partial charge in [0.2, 0.25) is 0 Å². The molecule has 0 radical (unpaired) electrons. The fourth-order valence-corrected chi connectivity index (χ4v) is 2.89. The minimum atomic E-state index is -0.454. The predicted octanol–water partition coefficient (Wildman–Crippen LogP) is 2.49. The molecule has 6 heteroatoms. The number of hydrogen-bond donors (Lipinski definition) is 0. The van der Waals surface area contributed by atoms with Gasteiger partial charge >= 0.3 is 6.09 Å². The molecule has 124 valence electrons. The van der Waals surface area contributed by atoms with Crippen molar-refractivity contribution in [2.45, 2.75) is 39.2 Å². The zero-order valence-electron chi connectivity index (χ0n) is 14.1. The van der Waals surface area contributed by atoms with Crippen molar-refractivity contribution in [2.24, 2.45) is 0 Å². The molecular formula is C17H24N4O2. The standard InChI is InChI=1S/C17H24N4O2/c1-17(2,3)23-16(22)21-10-8-20(9-11-21)15-13-6-4-5-7-14(13)18-12-19-15/h4,6,12H,5,7-11H2,1-3H3. The maximum Gasteiger partial charge on any atom is 0.410 e. The summed E-state index contributed by atoms with van der Waals surface area (Å²) in [6.07, 6.45) is 7.71. The third-order valence-corrected chi connectivity index (χ3v) is 4.01. The predicted molar refractivity (Wildman–Crippen MR) is 89.4 cm³/mol. The van der Waals surface area contributed by atoms with Gasteiger partial charge < -0.3 is 14.5 Å². The smallest absolute Gasteiger partial charge is 0.410 e. The van der Waals surface area contributed by atoms with Crippen LogP contribution in [-0.2, 0) is 11.2 Å². The summed E-state index contributed by atoms with van der Waals surface area (Å²) >= 11 is 0. The SMILES string of the molecule is CC(C)(C)OC(=O)N1CCN(c2ncnc3c2C=CCC3)CC1. The lowest BCUT2D eigenvalue weighted by molar-refractivity contribution is 0.0240. The zero-order chi connectivity index (χ0) is 16.4. The van der Waals surface area contributed by atoms with E-state index >= 15 is 0 Å². The molecule has 0 saturated carbocycles. The molecular weight excluding hydrogens is 292 g/mol. The van der Waals surface area contributed by atoms with Crippen LogP contribution in [0.2, 0.25) is 0 Å². The second kappa shape index (κ2) is 6.18. The van der Waals surface area contributed by atoms with Gasteiger partial charge in [-0.25, -0.2) is 14.8 Å². The Morgan fingerprint density at radius 1 is 1.17 bits per heavy atom. The number of aryl methyl sites for hydroxylation is 1. The van der Waals surface area contributed by atoms with Gasteiger partial charge in [0, 0.05) is 31.7 Å². The fourth-order valence-electron chi connectivity index (χ4n) is 2.89. The number of hydrogen-bond acceptors (Lipinski definition) is 5. The molecule has 1 amide bonds. The molecule has 1 fully saturated rings. The first-order valence-electron chi connectivity index (χ1n) is 8.17. The lowest BCUT2D eigenvalue weighted by Crippen LogP contribution is -2.50. The van der Waals surface area contributed by atoms with Gasteiger partial charge in [0.15, 0.2) is 0 Å². The van der Waals surface area contributed by atoms with Crippen LogP contribution in [0, 0.1) is 0 Å². The summed E-state index contributed by atoms with van der Waals surface area (Å²) in [5.41, 5.74) is 1.79. The summed E-state index contributed by atoms with van der Waals surface area (Å²) in [6.45, 7) is 8.49. The van der Waals surface area contributed by atoms with Crippen LogP contribution in [0.4, 0.5) is 10.6 Å². The van der Waals surface area contributed by atoms with Crippen LogP contribution in [0.15, 0.2) is 12.4 Å². The van der Waals surface area contributed by atoms with E-state index in [9.17, 15) is 4.79 Å². The Labute approximate surface area is 137 Å². The molecule has 0 unspecified atom stereocenters. The Kier molecular flexibility index (Phi) is 4.24. The van der Waals surface area contributed by atoms with E-state index in [1.807, 2.05) is 20.8 Å². The second-order valence-electron chi connectivity index (χ2n) is 6.95. The fraction of sp³-hybridized carbons (Fsp3) is 0.588. The number of allylic oxidation sites excluding steroid dienone is 1. The number of carbonyl (C=O) groups excluding carboxylic acids is 1. The van der Waals surface area contributed by atoms with E-state index in [4.69, 9.17) is 4.74 Å². The molecule has 2 heterocycles. The van der Waals surface area contributed by atoms with Crippen molar-refractivity contribution in [1.29, 1.82) is 0 Å². The highest BCUT2D eigenvalue weighted by molar-refractivity contribution is 5.70. The average molecular weight is 316 g/mol. The topological polar surface area (TPSA) is 58.6 Å². The molecule has 6 nitrogen and oxygen atoms in total. The van der Waals surface area contributed by atoms with Gasteiger partial charge in [0.05, 0.1) is 5.69 Å². The molecule has 1 aliphatic carbocycles. The van der Waals surface area contributed by atoms with E-state index in [-0.39, 0.29) is 6.09 Å². The van der Waals surface area contributed by atoms with E-state index in [0.29, 0.717) is 13.1 Å². The molecule has 1 aromatic heterocycles. The molecule has 1 saturated heterocycles. The number of amides is 1. The highest BCUT2D eigenvalue weighted by Crippen LogP contribution is 2.26. The van der Waals surface area contributed by atoms with Crippen molar-refractivity contribution in [3.63, 3.8) is 0 Å². The Balaban J connectivity index is 1.66. The van der Waals surface area contributed by atoms with E-state index in [1.54, 1.807) is 11.2 Å². The van der Waals surface area contributed by atoms with Crippen molar-refractivity contribution in [3.8, 4) is 0 Å². The van der Waals surface area contributed by atoms with E-state index in [0.717, 1.165) is 43.0 Å². The molecule has 0 bridgehead atoms. The van der Waals surface area contributed by atoms with Crippen molar-refractivity contribution in [2.75, 3.05) is 31.1 Å². The van der Waals surface area contributed by atoms with E-state index in [1.165, 1.54) is 0 Å². The number of aromatic nitrogens is 2.